The molecule has 2 N–H and O–H groups in total. The molecule has 0 radical (unpaired) electrons. The lowest BCUT2D eigenvalue weighted by Crippen LogP contribution is -2.53. The molecule has 2 rings (SSSR count). The number of nitrogens with zero attached hydrogens (tertiary/aromatic N) is 2. The number of rotatable bonds is 4. The Morgan fingerprint density at radius 3 is 2.25 bits per heavy atom. The quantitative estimate of drug-likeness (QED) is 0.847. The first-order chi connectivity index (χ1) is 11.5. The van der Waals surface area contributed by atoms with Crippen molar-refractivity contribution in [1.29, 1.82) is 0 Å². The first-order valence-corrected chi connectivity index (χ1v) is 7.70. The molecule has 1 fully saturated rings. The Kier molecular flexibility index (Phi) is 6.00. The van der Waals surface area contributed by atoms with E-state index in [1.54, 1.807) is 36.2 Å². The lowest BCUT2D eigenvalue weighted by atomic mass is 10.1. The maximum absolute atomic E-state index is 12.2. The van der Waals surface area contributed by atoms with Gasteiger partial charge in [-0.3, -0.25) is 0 Å². The van der Waals surface area contributed by atoms with Crippen molar-refractivity contribution in [1.82, 2.24) is 15.1 Å². The van der Waals surface area contributed by atoms with E-state index in [0.717, 1.165) is 5.56 Å². The fraction of sp³-hybridized carbons (Fsp3) is 0.438. The van der Waals surface area contributed by atoms with Crippen molar-refractivity contribution in [2.75, 3.05) is 33.2 Å². The zero-order chi connectivity index (χ0) is 17.5. The van der Waals surface area contributed by atoms with Gasteiger partial charge < -0.3 is 25.0 Å². The number of ether oxygens (including phenoxy) is 1. The predicted octanol–water partition coefficient (Wildman–Crippen LogP) is 0.776. The molecule has 1 aromatic rings. The van der Waals surface area contributed by atoms with E-state index < -0.39 is 18.2 Å². The van der Waals surface area contributed by atoms with Crippen molar-refractivity contribution >= 4 is 18.1 Å². The summed E-state index contributed by atoms with van der Waals surface area (Å²) in [6.07, 6.45) is -1.80. The number of carbonyl (C=O) groups is 3. The zero-order valence-corrected chi connectivity index (χ0v) is 13.5. The Bertz CT molecular complexity index is 585. The van der Waals surface area contributed by atoms with E-state index >= 15 is 0 Å². The molecule has 1 atom stereocenters. The van der Waals surface area contributed by atoms with E-state index in [1.807, 2.05) is 6.07 Å². The number of hydrogen-bond acceptors (Lipinski definition) is 4. The van der Waals surface area contributed by atoms with Gasteiger partial charge in [0.25, 0.3) is 0 Å². The SMILES string of the molecule is CNC(=O)N1CCN(C(=O)OC(Cc2ccccc2)C(=O)O)CC1. The van der Waals surface area contributed by atoms with Crippen LogP contribution in [0.1, 0.15) is 5.56 Å². The highest BCUT2D eigenvalue weighted by Gasteiger charge is 2.29. The summed E-state index contributed by atoms with van der Waals surface area (Å²) >= 11 is 0. The molecule has 8 heteroatoms. The molecule has 1 unspecified atom stereocenters. The van der Waals surface area contributed by atoms with Crippen molar-refractivity contribution < 1.29 is 24.2 Å². The molecule has 1 aliphatic rings. The predicted molar refractivity (Wildman–Crippen MR) is 85.7 cm³/mol. The van der Waals surface area contributed by atoms with Gasteiger partial charge in [0.2, 0.25) is 6.10 Å². The van der Waals surface area contributed by atoms with Crippen LogP contribution in [0.3, 0.4) is 0 Å². The minimum Gasteiger partial charge on any atom is -0.478 e. The lowest BCUT2D eigenvalue weighted by Gasteiger charge is -2.34. The molecule has 0 spiro atoms. The number of carbonyl (C=O) groups excluding carboxylic acids is 2. The second kappa shape index (κ2) is 8.19. The van der Waals surface area contributed by atoms with Gasteiger partial charge in [0.05, 0.1) is 0 Å². The number of amides is 3. The monoisotopic (exact) mass is 335 g/mol. The maximum atomic E-state index is 12.2. The molecule has 0 aromatic heterocycles. The van der Waals surface area contributed by atoms with Crippen molar-refractivity contribution in [2.45, 2.75) is 12.5 Å². The van der Waals surface area contributed by atoms with E-state index in [4.69, 9.17) is 4.74 Å². The maximum Gasteiger partial charge on any atom is 0.410 e. The highest BCUT2D eigenvalue weighted by Crippen LogP contribution is 2.10. The Morgan fingerprint density at radius 1 is 1.12 bits per heavy atom. The average Bonchev–Trinajstić information content (AvgIpc) is 2.61. The van der Waals surface area contributed by atoms with Crippen LogP contribution in [0.2, 0.25) is 0 Å². The van der Waals surface area contributed by atoms with Crippen LogP contribution in [0.5, 0.6) is 0 Å². The smallest absolute Gasteiger partial charge is 0.410 e. The highest BCUT2D eigenvalue weighted by atomic mass is 16.6. The lowest BCUT2D eigenvalue weighted by molar-refractivity contribution is -0.147. The van der Waals surface area contributed by atoms with Crippen LogP contribution < -0.4 is 5.32 Å². The van der Waals surface area contributed by atoms with E-state index in [1.165, 1.54) is 4.90 Å². The van der Waals surface area contributed by atoms with E-state index in [0.29, 0.717) is 26.2 Å². The van der Waals surface area contributed by atoms with Crippen LogP contribution in [0.25, 0.3) is 0 Å². The van der Waals surface area contributed by atoms with Crippen molar-refractivity contribution in [3.05, 3.63) is 35.9 Å². The summed E-state index contributed by atoms with van der Waals surface area (Å²) in [6.45, 7) is 1.38. The number of hydrogen-bond donors (Lipinski definition) is 2. The normalized spacial score (nSPS) is 15.5. The minimum absolute atomic E-state index is 0.111. The molecule has 0 bridgehead atoms. The summed E-state index contributed by atoms with van der Waals surface area (Å²) in [5.41, 5.74) is 0.780. The second-order valence-electron chi connectivity index (χ2n) is 5.43. The van der Waals surface area contributed by atoms with Gasteiger partial charge in [-0.1, -0.05) is 30.3 Å². The van der Waals surface area contributed by atoms with Gasteiger partial charge in [-0.05, 0) is 5.56 Å². The van der Waals surface area contributed by atoms with Gasteiger partial charge in [0.1, 0.15) is 0 Å². The van der Waals surface area contributed by atoms with Gasteiger partial charge in [0, 0.05) is 39.6 Å². The van der Waals surface area contributed by atoms with Crippen LogP contribution in [0.15, 0.2) is 30.3 Å². The van der Waals surface area contributed by atoms with Crippen LogP contribution in [0.4, 0.5) is 9.59 Å². The number of carboxylic acid groups (broad SMARTS) is 1. The number of carboxylic acids is 1. The standard InChI is InChI=1S/C16H21N3O5/c1-17-15(22)18-7-9-19(10-8-18)16(23)24-13(14(20)21)11-12-5-3-2-4-6-12/h2-6,13H,7-11H2,1H3,(H,17,22)(H,20,21). The Labute approximate surface area is 140 Å². The molecule has 0 saturated carbocycles. The molecular formula is C16H21N3O5. The van der Waals surface area contributed by atoms with E-state index in [2.05, 4.69) is 5.32 Å². The van der Waals surface area contributed by atoms with Crippen LogP contribution in [-0.2, 0) is 16.0 Å². The van der Waals surface area contributed by atoms with E-state index in [9.17, 15) is 19.5 Å². The Morgan fingerprint density at radius 2 is 1.71 bits per heavy atom. The fourth-order valence-electron chi connectivity index (χ4n) is 2.45. The molecular weight excluding hydrogens is 314 g/mol. The fourth-order valence-corrected chi connectivity index (χ4v) is 2.45. The summed E-state index contributed by atoms with van der Waals surface area (Å²) in [6, 6.07) is 8.80. The first kappa shape index (κ1) is 17.6. The molecule has 130 valence electrons. The largest absolute Gasteiger partial charge is 0.478 e. The van der Waals surface area contributed by atoms with Gasteiger partial charge in [-0.2, -0.15) is 0 Å². The summed E-state index contributed by atoms with van der Waals surface area (Å²) in [4.78, 5) is 38.0. The summed E-state index contributed by atoms with van der Waals surface area (Å²) in [5, 5.41) is 11.8. The van der Waals surface area contributed by atoms with Crippen molar-refractivity contribution in [3.63, 3.8) is 0 Å². The summed E-state index contributed by atoms with van der Waals surface area (Å²) in [5.74, 6) is -1.18. The molecule has 1 saturated heterocycles. The summed E-state index contributed by atoms with van der Waals surface area (Å²) in [7, 11) is 1.55. The highest BCUT2D eigenvalue weighted by molar-refractivity contribution is 5.78. The molecule has 1 aromatic carbocycles. The Balaban J connectivity index is 1.89. The molecule has 8 nitrogen and oxygen atoms in total. The molecule has 0 aliphatic carbocycles. The Hall–Kier alpha value is -2.77. The van der Waals surface area contributed by atoms with Gasteiger partial charge >= 0.3 is 18.1 Å². The number of nitrogens with one attached hydrogen (secondary N) is 1. The van der Waals surface area contributed by atoms with Crippen LogP contribution in [0, 0.1) is 0 Å². The minimum atomic E-state index is -1.24. The number of urea groups is 1. The molecule has 3 amide bonds. The van der Waals surface area contributed by atoms with Gasteiger partial charge in [-0.25, -0.2) is 14.4 Å². The third-order valence-electron chi connectivity index (χ3n) is 3.82. The second-order valence-corrected chi connectivity index (χ2v) is 5.43. The molecule has 1 heterocycles. The topological polar surface area (TPSA) is 99.2 Å². The third-order valence-corrected chi connectivity index (χ3v) is 3.82. The number of aliphatic carboxylic acids is 1. The van der Waals surface area contributed by atoms with Gasteiger partial charge in [-0.15, -0.1) is 0 Å². The zero-order valence-electron chi connectivity index (χ0n) is 13.5. The van der Waals surface area contributed by atoms with Crippen molar-refractivity contribution in [3.8, 4) is 0 Å². The third kappa shape index (κ3) is 4.61. The molecule has 1 aliphatic heterocycles. The first-order valence-electron chi connectivity index (χ1n) is 7.70. The van der Waals surface area contributed by atoms with E-state index in [-0.39, 0.29) is 12.5 Å². The van der Waals surface area contributed by atoms with Gasteiger partial charge in [0.15, 0.2) is 0 Å². The van der Waals surface area contributed by atoms with Crippen molar-refractivity contribution in [2.24, 2.45) is 0 Å². The molecule has 24 heavy (non-hydrogen) atoms. The van der Waals surface area contributed by atoms with Crippen LogP contribution >= 0.6 is 0 Å². The number of benzene rings is 1. The summed E-state index contributed by atoms with van der Waals surface area (Å²) < 4.78 is 5.15. The average molecular weight is 335 g/mol. The number of piperazine rings is 1. The van der Waals surface area contributed by atoms with Crippen LogP contribution in [-0.4, -0.2) is 72.3 Å².